The van der Waals surface area contributed by atoms with Gasteiger partial charge in [-0.1, -0.05) is 13.3 Å². The minimum atomic E-state index is -1.03. The number of carboxylic acids is 1. The van der Waals surface area contributed by atoms with Crippen molar-refractivity contribution in [2.45, 2.75) is 39.2 Å². The van der Waals surface area contributed by atoms with Crippen molar-refractivity contribution >= 4 is 17.9 Å². The SMILES string of the molecule is CCC[C@@H](NC(=O)N1CCC(C)(C(=O)NC)C1)C(=O)O. The molecule has 7 nitrogen and oxygen atoms in total. The van der Waals surface area contributed by atoms with E-state index in [1.807, 2.05) is 6.92 Å². The van der Waals surface area contributed by atoms with E-state index in [4.69, 9.17) is 5.11 Å². The maximum Gasteiger partial charge on any atom is 0.326 e. The number of aliphatic carboxylic acids is 1. The molecule has 20 heavy (non-hydrogen) atoms. The molecule has 0 bridgehead atoms. The molecule has 0 aromatic carbocycles. The van der Waals surface area contributed by atoms with Crippen molar-refractivity contribution in [2.24, 2.45) is 5.41 Å². The molecule has 0 radical (unpaired) electrons. The fraction of sp³-hybridized carbons (Fsp3) is 0.769. The Morgan fingerprint density at radius 3 is 2.55 bits per heavy atom. The first-order chi connectivity index (χ1) is 9.34. The molecular weight excluding hydrogens is 262 g/mol. The Balaban J connectivity index is 2.62. The fourth-order valence-corrected chi connectivity index (χ4v) is 2.41. The number of amides is 3. The quantitative estimate of drug-likeness (QED) is 0.681. The van der Waals surface area contributed by atoms with Crippen LogP contribution in [0.5, 0.6) is 0 Å². The minimum Gasteiger partial charge on any atom is -0.480 e. The Bertz CT molecular complexity index is 399. The van der Waals surface area contributed by atoms with Crippen molar-refractivity contribution in [3.05, 3.63) is 0 Å². The highest BCUT2D eigenvalue weighted by molar-refractivity contribution is 5.86. The summed E-state index contributed by atoms with van der Waals surface area (Å²) in [5, 5.41) is 14.1. The predicted molar refractivity (Wildman–Crippen MR) is 73.2 cm³/mol. The van der Waals surface area contributed by atoms with E-state index >= 15 is 0 Å². The largest absolute Gasteiger partial charge is 0.480 e. The maximum absolute atomic E-state index is 12.1. The van der Waals surface area contributed by atoms with Crippen LogP contribution in [0.3, 0.4) is 0 Å². The summed E-state index contributed by atoms with van der Waals surface area (Å²) in [7, 11) is 1.57. The summed E-state index contributed by atoms with van der Waals surface area (Å²) in [5.74, 6) is -1.13. The first kappa shape index (κ1) is 16.3. The summed E-state index contributed by atoms with van der Waals surface area (Å²) in [6.45, 7) is 4.42. The van der Waals surface area contributed by atoms with E-state index in [2.05, 4.69) is 10.6 Å². The molecule has 1 aliphatic heterocycles. The Hall–Kier alpha value is -1.79. The first-order valence-corrected chi connectivity index (χ1v) is 6.84. The third-order valence-corrected chi connectivity index (χ3v) is 3.71. The number of rotatable bonds is 5. The number of hydrogen-bond acceptors (Lipinski definition) is 3. The standard InChI is InChI=1S/C13H23N3O4/c1-4-5-9(10(17)18)15-12(20)16-7-6-13(2,8-16)11(19)14-3/h9H,4-8H2,1-3H3,(H,14,19)(H,15,20)(H,17,18)/t9-,13?/m1/s1. The monoisotopic (exact) mass is 285 g/mol. The molecule has 0 aliphatic carbocycles. The highest BCUT2D eigenvalue weighted by Gasteiger charge is 2.41. The molecule has 1 fully saturated rings. The summed E-state index contributed by atoms with van der Waals surface area (Å²) in [6.07, 6.45) is 1.64. The average Bonchev–Trinajstić information content (AvgIpc) is 2.81. The lowest BCUT2D eigenvalue weighted by Gasteiger charge is -2.24. The van der Waals surface area contributed by atoms with E-state index in [1.54, 1.807) is 14.0 Å². The van der Waals surface area contributed by atoms with Crippen molar-refractivity contribution in [1.29, 1.82) is 0 Å². The van der Waals surface area contributed by atoms with Crippen LogP contribution in [0, 0.1) is 5.41 Å². The molecule has 1 rings (SSSR count). The molecule has 114 valence electrons. The summed E-state index contributed by atoms with van der Waals surface area (Å²) in [5.41, 5.74) is -0.602. The lowest BCUT2D eigenvalue weighted by molar-refractivity contribution is -0.139. The summed E-state index contributed by atoms with van der Waals surface area (Å²) >= 11 is 0. The molecule has 0 aromatic rings. The van der Waals surface area contributed by atoms with Crippen LogP contribution in [0.1, 0.15) is 33.1 Å². The number of carbonyl (C=O) groups excluding carboxylic acids is 2. The highest BCUT2D eigenvalue weighted by atomic mass is 16.4. The van der Waals surface area contributed by atoms with Gasteiger partial charge < -0.3 is 20.6 Å². The second-order valence-electron chi connectivity index (χ2n) is 5.44. The number of carboxylic acid groups (broad SMARTS) is 1. The third-order valence-electron chi connectivity index (χ3n) is 3.71. The first-order valence-electron chi connectivity index (χ1n) is 6.84. The zero-order chi connectivity index (χ0) is 15.3. The molecule has 0 spiro atoms. The van der Waals surface area contributed by atoms with Gasteiger partial charge in [0.05, 0.1) is 5.41 Å². The zero-order valence-electron chi connectivity index (χ0n) is 12.2. The second-order valence-corrected chi connectivity index (χ2v) is 5.44. The molecule has 1 unspecified atom stereocenters. The lowest BCUT2D eigenvalue weighted by Crippen LogP contribution is -2.48. The summed E-state index contributed by atoms with van der Waals surface area (Å²) < 4.78 is 0. The number of nitrogens with zero attached hydrogens (tertiary/aromatic N) is 1. The van der Waals surface area contributed by atoms with E-state index in [9.17, 15) is 14.4 Å². The Labute approximate surface area is 118 Å². The Morgan fingerprint density at radius 1 is 1.40 bits per heavy atom. The molecule has 3 amide bonds. The molecule has 3 N–H and O–H groups in total. The molecule has 0 aromatic heterocycles. The molecule has 1 saturated heterocycles. The number of nitrogens with one attached hydrogen (secondary N) is 2. The molecule has 7 heteroatoms. The van der Waals surface area contributed by atoms with Crippen LogP contribution in [0.2, 0.25) is 0 Å². The van der Waals surface area contributed by atoms with Gasteiger partial charge in [-0.05, 0) is 19.8 Å². The van der Waals surface area contributed by atoms with Crippen molar-refractivity contribution in [2.75, 3.05) is 20.1 Å². The van der Waals surface area contributed by atoms with E-state index in [0.29, 0.717) is 32.4 Å². The smallest absolute Gasteiger partial charge is 0.326 e. The van der Waals surface area contributed by atoms with E-state index < -0.39 is 23.5 Å². The van der Waals surface area contributed by atoms with Crippen molar-refractivity contribution in [3.8, 4) is 0 Å². The van der Waals surface area contributed by atoms with Crippen LogP contribution in [0.25, 0.3) is 0 Å². The second kappa shape index (κ2) is 6.58. The third kappa shape index (κ3) is 3.61. The van der Waals surface area contributed by atoms with Gasteiger partial charge in [0.1, 0.15) is 6.04 Å². The van der Waals surface area contributed by atoms with Gasteiger partial charge in [0.2, 0.25) is 5.91 Å². The van der Waals surface area contributed by atoms with Gasteiger partial charge in [0.15, 0.2) is 0 Å². The molecular formula is C13H23N3O4. The lowest BCUT2D eigenvalue weighted by atomic mass is 9.89. The van der Waals surface area contributed by atoms with Crippen LogP contribution < -0.4 is 10.6 Å². The normalized spacial score (nSPS) is 23.2. The Morgan fingerprint density at radius 2 is 2.05 bits per heavy atom. The number of likely N-dealkylation sites (tertiary alicyclic amines) is 1. The van der Waals surface area contributed by atoms with Crippen LogP contribution >= 0.6 is 0 Å². The fourth-order valence-electron chi connectivity index (χ4n) is 2.41. The van der Waals surface area contributed by atoms with Crippen molar-refractivity contribution < 1.29 is 19.5 Å². The van der Waals surface area contributed by atoms with Gasteiger partial charge in [-0.2, -0.15) is 0 Å². The van der Waals surface area contributed by atoms with Gasteiger partial charge in [0.25, 0.3) is 0 Å². The molecule has 2 atom stereocenters. The van der Waals surface area contributed by atoms with Gasteiger partial charge in [-0.15, -0.1) is 0 Å². The number of hydrogen-bond donors (Lipinski definition) is 3. The van der Waals surface area contributed by atoms with Gasteiger partial charge in [-0.3, -0.25) is 4.79 Å². The van der Waals surface area contributed by atoms with Gasteiger partial charge in [-0.25, -0.2) is 9.59 Å². The predicted octanol–water partition coefficient (Wildman–Crippen LogP) is 0.407. The zero-order valence-corrected chi connectivity index (χ0v) is 12.2. The van der Waals surface area contributed by atoms with E-state index in [1.165, 1.54) is 4.90 Å². The maximum atomic E-state index is 12.1. The Kier molecular flexibility index (Phi) is 5.35. The van der Waals surface area contributed by atoms with E-state index in [0.717, 1.165) is 0 Å². The topological polar surface area (TPSA) is 98.7 Å². The van der Waals surface area contributed by atoms with E-state index in [-0.39, 0.29) is 5.91 Å². The summed E-state index contributed by atoms with van der Waals surface area (Å²) in [6, 6.07) is -1.29. The van der Waals surface area contributed by atoms with Crippen LogP contribution in [0.15, 0.2) is 0 Å². The molecule has 0 saturated carbocycles. The van der Waals surface area contributed by atoms with Crippen molar-refractivity contribution in [1.82, 2.24) is 15.5 Å². The van der Waals surface area contributed by atoms with Crippen LogP contribution in [-0.2, 0) is 9.59 Å². The van der Waals surface area contributed by atoms with Gasteiger partial charge >= 0.3 is 12.0 Å². The molecule has 1 aliphatic rings. The number of urea groups is 1. The number of carbonyl (C=O) groups is 3. The molecule has 1 heterocycles. The van der Waals surface area contributed by atoms with Crippen LogP contribution in [0.4, 0.5) is 4.79 Å². The minimum absolute atomic E-state index is 0.101. The van der Waals surface area contributed by atoms with Gasteiger partial charge in [0, 0.05) is 20.1 Å². The highest BCUT2D eigenvalue weighted by Crippen LogP contribution is 2.30. The van der Waals surface area contributed by atoms with Crippen molar-refractivity contribution in [3.63, 3.8) is 0 Å². The average molecular weight is 285 g/mol. The summed E-state index contributed by atoms with van der Waals surface area (Å²) in [4.78, 5) is 36.4. The van der Waals surface area contributed by atoms with Crippen LogP contribution in [-0.4, -0.2) is 54.1 Å².